The lowest BCUT2D eigenvalue weighted by Gasteiger charge is -2.19. The van der Waals surface area contributed by atoms with Crippen molar-refractivity contribution in [2.45, 2.75) is 0 Å². The minimum Gasteiger partial charge on any atom is -0.497 e. The Kier molecular flexibility index (Phi) is 2.83. The number of nitrogens with zero attached hydrogens (tertiary/aromatic N) is 2. The molecule has 0 saturated heterocycles. The van der Waals surface area contributed by atoms with E-state index in [2.05, 4.69) is 27.0 Å². The molecule has 3 rings (SSSR count). The predicted molar refractivity (Wildman–Crippen MR) is 77.2 cm³/mol. The van der Waals surface area contributed by atoms with Gasteiger partial charge >= 0.3 is 0 Å². The van der Waals surface area contributed by atoms with Crippen LogP contribution in [0, 0.1) is 0 Å². The Labute approximate surface area is 111 Å². The van der Waals surface area contributed by atoms with E-state index in [1.165, 1.54) is 0 Å². The minimum absolute atomic E-state index is 0.849. The zero-order chi connectivity index (χ0) is 13.2. The van der Waals surface area contributed by atoms with Gasteiger partial charge in [0.2, 0.25) is 0 Å². The first-order valence-corrected chi connectivity index (χ1v) is 6.09. The smallest absolute Gasteiger partial charge is 0.139 e. The van der Waals surface area contributed by atoms with Crippen molar-refractivity contribution in [1.82, 2.24) is 9.97 Å². The molecule has 4 nitrogen and oxygen atoms in total. The fourth-order valence-corrected chi connectivity index (χ4v) is 2.18. The van der Waals surface area contributed by atoms with E-state index in [1.807, 2.05) is 37.5 Å². The van der Waals surface area contributed by atoms with Crippen LogP contribution in [0.15, 0.2) is 48.8 Å². The number of pyridine rings is 1. The molecule has 1 N–H and O–H groups in total. The van der Waals surface area contributed by atoms with Gasteiger partial charge < -0.3 is 14.6 Å². The lowest BCUT2D eigenvalue weighted by molar-refractivity contribution is 0.415. The van der Waals surface area contributed by atoms with Crippen LogP contribution in [-0.2, 0) is 0 Å². The number of fused-ring (bicyclic) bond motifs is 1. The van der Waals surface area contributed by atoms with Crippen molar-refractivity contribution in [3.8, 4) is 5.75 Å². The van der Waals surface area contributed by atoms with E-state index < -0.39 is 0 Å². The molecule has 2 heterocycles. The number of anilines is 2. The van der Waals surface area contributed by atoms with Crippen molar-refractivity contribution in [3.05, 3.63) is 48.8 Å². The molecule has 0 radical (unpaired) electrons. The zero-order valence-electron chi connectivity index (χ0n) is 10.9. The normalized spacial score (nSPS) is 10.6. The molecule has 0 aliphatic heterocycles. The third-order valence-electron chi connectivity index (χ3n) is 3.23. The number of methoxy groups -OCH3 is 1. The van der Waals surface area contributed by atoms with Gasteiger partial charge in [0.05, 0.1) is 12.8 Å². The number of rotatable bonds is 3. The van der Waals surface area contributed by atoms with E-state index in [0.29, 0.717) is 0 Å². The number of nitrogens with one attached hydrogen (secondary N) is 1. The molecule has 0 unspecified atom stereocenters. The minimum atomic E-state index is 0.849. The van der Waals surface area contributed by atoms with Gasteiger partial charge in [0.15, 0.2) is 0 Å². The highest BCUT2D eigenvalue weighted by molar-refractivity contribution is 5.92. The summed E-state index contributed by atoms with van der Waals surface area (Å²) in [6, 6.07) is 12.0. The predicted octanol–water partition coefficient (Wildman–Crippen LogP) is 3.34. The molecule has 3 aromatic rings. The first-order valence-electron chi connectivity index (χ1n) is 6.09. The molecule has 2 aromatic heterocycles. The summed E-state index contributed by atoms with van der Waals surface area (Å²) < 4.78 is 5.26. The van der Waals surface area contributed by atoms with Crippen LogP contribution in [0.4, 0.5) is 11.4 Å². The maximum absolute atomic E-state index is 5.26. The monoisotopic (exact) mass is 253 g/mol. The maximum atomic E-state index is 5.26. The first kappa shape index (κ1) is 11.6. The Balaban J connectivity index is 2.05. The van der Waals surface area contributed by atoms with Crippen LogP contribution in [0.1, 0.15) is 0 Å². The number of hydrogen-bond donors (Lipinski definition) is 1. The van der Waals surface area contributed by atoms with Gasteiger partial charge in [-0.15, -0.1) is 0 Å². The molecule has 0 spiro atoms. The van der Waals surface area contributed by atoms with E-state index >= 15 is 0 Å². The number of aromatic nitrogens is 2. The maximum Gasteiger partial charge on any atom is 0.139 e. The zero-order valence-corrected chi connectivity index (χ0v) is 10.9. The largest absolute Gasteiger partial charge is 0.497 e. The van der Waals surface area contributed by atoms with Crippen LogP contribution >= 0.6 is 0 Å². The van der Waals surface area contributed by atoms with Gasteiger partial charge in [-0.3, -0.25) is 0 Å². The highest BCUT2D eigenvalue weighted by atomic mass is 16.5. The first-order chi connectivity index (χ1) is 9.29. The van der Waals surface area contributed by atoms with E-state index in [0.717, 1.165) is 28.2 Å². The van der Waals surface area contributed by atoms with E-state index in [9.17, 15) is 0 Å². The Morgan fingerprint density at radius 2 is 2.11 bits per heavy atom. The lowest BCUT2D eigenvalue weighted by Crippen LogP contribution is -2.08. The summed E-state index contributed by atoms with van der Waals surface area (Å²) in [5, 5.41) is 1.10. The molecular formula is C15H15N3O. The summed E-state index contributed by atoms with van der Waals surface area (Å²) in [5.41, 5.74) is 3.06. The van der Waals surface area contributed by atoms with Gasteiger partial charge in [0, 0.05) is 36.6 Å². The number of aromatic amines is 1. The SMILES string of the molecule is COc1cccc(N(C)c2c[nH]c3ncccc23)c1. The molecule has 1 aromatic carbocycles. The van der Waals surface area contributed by atoms with E-state index in [-0.39, 0.29) is 0 Å². The van der Waals surface area contributed by atoms with Crippen LogP contribution < -0.4 is 9.64 Å². The summed E-state index contributed by atoms with van der Waals surface area (Å²) in [7, 11) is 3.71. The van der Waals surface area contributed by atoms with E-state index in [1.54, 1.807) is 13.3 Å². The second-order valence-corrected chi connectivity index (χ2v) is 4.33. The molecule has 19 heavy (non-hydrogen) atoms. The summed E-state index contributed by atoms with van der Waals surface area (Å²) in [6.45, 7) is 0. The number of hydrogen-bond acceptors (Lipinski definition) is 3. The second kappa shape index (κ2) is 4.65. The molecule has 0 atom stereocenters. The van der Waals surface area contributed by atoms with Gasteiger partial charge in [0.25, 0.3) is 0 Å². The summed E-state index contributed by atoms with van der Waals surface area (Å²) in [6.07, 6.45) is 3.76. The molecule has 0 saturated carbocycles. The number of H-pyrrole nitrogens is 1. The van der Waals surface area contributed by atoms with Gasteiger partial charge in [-0.25, -0.2) is 4.98 Å². The number of ether oxygens (including phenoxy) is 1. The topological polar surface area (TPSA) is 41.1 Å². The summed E-state index contributed by atoms with van der Waals surface area (Å²) >= 11 is 0. The fourth-order valence-electron chi connectivity index (χ4n) is 2.18. The van der Waals surface area contributed by atoms with Crippen LogP contribution in [0.25, 0.3) is 11.0 Å². The van der Waals surface area contributed by atoms with Gasteiger partial charge in [0.1, 0.15) is 11.4 Å². The number of benzene rings is 1. The average molecular weight is 253 g/mol. The third-order valence-corrected chi connectivity index (χ3v) is 3.23. The molecule has 0 bridgehead atoms. The van der Waals surface area contributed by atoms with Crippen molar-refractivity contribution in [2.75, 3.05) is 19.1 Å². The van der Waals surface area contributed by atoms with Gasteiger partial charge in [-0.2, -0.15) is 0 Å². The molecule has 96 valence electrons. The third kappa shape index (κ3) is 2.01. The molecule has 4 heteroatoms. The second-order valence-electron chi connectivity index (χ2n) is 4.33. The van der Waals surface area contributed by atoms with Crippen molar-refractivity contribution in [2.24, 2.45) is 0 Å². The molecular weight excluding hydrogens is 238 g/mol. The van der Waals surface area contributed by atoms with Crippen LogP contribution in [0.3, 0.4) is 0 Å². The average Bonchev–Trinajstić information content (AvgIpc) is 2.90. The van der Waals surface area contributed by atoms with Crippen molar-refractivity contribution in [1.29, 1.82) is 0 Å². The molecule has 0 fully saturated rings. The van der Waals surface area contributed by atoms with Gasteiger partial charge in [-0.05, 0) is 24.3 Å². The van der Waals surface area contributed by atoms with Crippen LogP contribution in [0.5, 0.6) is 5.75 Å². The molecule has 0 aliphatic carbocycles. The highest BCUT2D eigenvalue weighted by Crippen LogP contribution is 2.31. The van der Waals surface area contributed by atoms with Crippen molar-refractivity contribution >= 4 is 22.4 Å². The van der Waals surface area contributed by atoms with Crippen molar-refractivity contribution < 1.29 is 4.74 Å². The Morgan fingerprint density at radius 3 is 2.95 bits per heavy atom. The quantitative estimate of drug-likeness (QED) is 0.778. The van der Waals surface area contributed by atoms with Crippen molar-refractivity contribution in [3.63, 3.8) is 0 Å². The van der Waals surface area contributed by atoms with Gasteiger partial charge in [-0.1, -0.05) is 6.07 Å². The Hall–Kier alpha value is -2.49. The highest BCUT2D eigenvalue weighted by Gasteiger charge is 2.10. The summed E-state index contributed by atoms with van der Waals surface area (Å²) in [4.78, 5) is 9.60. The molecule has 0 amide bonds. The fraction of sp³-hybridized carbons (Fsp3) is 0.133. The Bertz CT molecular complexity index is 705. The van der Waals surface area contributed by atoms with E-state index in [4.69, 9.17) is 4.74 Å². The van der Waals surface area contributed by atoms with Crippen LogP contribution in [-0.4, -0.2) is 24.1 Å². The van der Waals surface area contributed by atoms with Crippen LogP contribution in [0.2, 0.25) is 0 Å². The summed E-state index contributed by atoms with van der Waals surface area (Å²) in [5.74, 6) is 0.849. The molecule has 0 aliphatic rings. The lowest BCUT2D eigenvalue weighted by atomic mass is 10.2. The Morgan fingerprint density at radius 1 is 1.21 bits per heavy atom. The standard InChI is InChI=1S/C15H15N3O/c1-18(11-5-3-6-12(9-11)19-2)14-10-17-15-13(14)7-4-8-16-15/h3-10H,1-2H3,(H,16,17).